The zero-order chi connectivity index (χ0) is 12.4. The normalized spacial score (nSPS) is 12.9. The zero-order valence-corrected chi connectivity index (χ0v) is 14.3. The van der Waals surface area contributed by atoms with Gasteiger partial charge in [0.25, 0.3) is 0 Å². The van der Waals surface area contributed by atoms with E-state index >= 15 is 0 Å². The standard InChI is InChI=1S/C11H12Br2N2S2/c1-6-15-7(5-16-6)3-9(14-2)8-4-10(12)17-11(8)13/h4-5,9,14H,3H2,1-2H3. The number of halogens is 2. The van der Waals surface area contributed by atoms with Gasteiger partial charge in [-0.3, -0.25) is 0 Å². The van der Waals surface area contributed by atoms with Crippen LogP contribution in [0.3, 0.4) is 0 Å². The van der Waals surface area contributed by atoms with Gasteiger partial charge in [-0.25, -0.2) is 4.98 Å². The second-order valence-electron chi connectivity index (χ2n) is 3.68. The van der Waals surface area contributed by atoms with Crippen molar-refractivity contribution in [3.8, 4) is 0 Å². The summed E-state index contributed by atoms with van der Waals surface area (Å²) < 4.78 is 2.32. The molecule has 0 aromatic carbocycles. The molecule has 1 unspecified atom stereocenters. The molecule has 0 aliphatic carbocycles. The van der Waals surface area contributed by atoms with Crippen molar-refractivity contribution < 1.29 is 0 Å². The Kier molecular flexibility index (Phi) is 4.77. The molecule has 17 heavy (non-hydrogen) atoms. The Balaban J connectivity index is 2.19. The van der Waals surface area contributed by atoms with Crippen LogP contribution >= 0.6 is 54.5 Å². The van der Waals surface area contributed by atoms with Crippen LogP contribution in [0.1, 0.15) is 22.3 Å². The molecule has 0 saturated carbocycles. The monoisotopic (exact) mass is 394 g/mol. The molecule has 1 N–H and O–H groups in total. The van der Waals surface area contributed by atoms with Crippen molar-refractivity contribution in [2.24, 2.45) is 0 Å². The van der Waals surface area contributed by atoms with Crippen molar-refractivity contribution in [1.29, 1.82) is 0 Å². The molecule has 1 atom stereocenters. The summed E-state index contributed by atoms with van der Waals surface area (Å²) in [4.78, 5) is 4.52. The Morgan fingerprint density at radius 2 is 2.24 bits per heavy atom. The van der Waals surface area contributed by atoms with E-state index in [1.165, 1.54) is 9.35 Å². The highest BCUT2D eigenvalue weighted by atomic mass is 79.9. The van der Waals surface area contributed by atoms with Gasteiger partial charge < -0.3 is 5.32 Å². The van der Waals surface area contributed by atoms with E-state index in [0.717, 1.165) is 20.9 Å². The lowest BCUT2D eigenvalue weighted by Gasteiger charge is -2.14. The smallest absolute Gasteiger partial charge is 0.0897 e. The van der Waals surface area contributed by atoms with Gasteiger partial charge in [-0.15, -0.1) is 22.7 Å². The molecule has 6 heteroatoms. The van der Waals surface area contributed by atoms with E-state index in [2.05, 4.69) is 53.6 Å². The first-order chi connectivity index (χ1) is 8.10. The lowest BCUT2D eigenvalue weighted by atomic mass is 10.1. The quantitative estimate of drug-likeness (QED) is 0.821. The summed E-state index contributed by atoms with van der Waals surface area (Å²) in [7, 11) is 1.99. The molecule has 92 valence electrons. The number of hydrogen-bond acceptors (Lipinski definition) is 4. The summed E-state index contributed by atoms with van der Waals surface area (Å²) in [5.41, 5.74) is 2.44. The number of nitrogens with one attached hydrogen (secondary N) is 1. The molecule has 0 radical (unpaired) electrons. The topological polar surface area (TPSA) is 24.9 Å². The van der Waals surface area contributed by atoms with Gasteiger partial charge in [-0.05, 0) is 57.5 Å². The van der Waals surface area contributed by atoms with Crippen LogP contribution in [0.4, 0.5) is 0 Å². The van der Waals surface area contributed by atoms with Crippen molar-refractivity contribution in [2.45, 2.75) is 19.4 Å². The van der Waals surface area contributed by atoms with Crippen LogP contribution < -0.4 is 5.32 Å². The number of nitrogens with zero attached hydrogens (tertiary/aromatic N) is 1. The predicted molar refractivity (Wildman–Crippen MR) is 82.1 cm³/mol. The number of thiazole rings is 1. The molecule has 0 aliphatic rings. The first kappa shape index (κ1) is 13.7. The number of aryl methyl sites for hydroxylation is 1. The molecule has 2 rings (SSSR count). The van der Waals surface area contributed by atoms with Gasteiger partial charge in [0.1, 0.15) is 0 Å². The third-order valence-electron chi connectivity index (χ3n) is 2.49. The van der Waals surface area contributed by atoms with Gasteiger partial charge in [-0.2, -0.15) is 0 Å². The number of rotatable bonds is 4. The first-order valence-electron chi connectivity index (χ1n) is 5.13. The zero-order valence-electron chi connectivity index (χ0n) is 9.46. The fourth-order valence-electron chi connectivity index (χ4n) is 1.67. The average molecular weight is 396 g/mol. The summed E-state index contributed by atoms with van der Waals surface area (Å²) in [6.45, 7) is 2.04. The van der Waals surface area contributed by atoms with E-state index < -0.39 is 0 Å². The summed E-state index contributed by atoms with van der Waals surface area (Å²) >= 11 is 10.5. The Bertz CT molecular complexity index is 507. The number of thiophene rings is 1. The van der Waals surface area contributed by atoms with Gasteiger partial charge in [0, 0.05) is 17.8 Å². The van der Waals surface area contributed by atoms with Gasteiger partial charge in [-0.1, -0.05) is 0 Å². The van der Waals surface area contributed by atoms with Crippen molar-refractivity contribution >= 4 is 54.5 Å². The SMILES string of the molecule is CNC(Cc1csc(C)n1)c1cc(Br)sc1Br. The summed E-state index contributed by atoms with van der Waals surface area (Å²) in [5.74, 6) is 0. The second-order valence-corrected chi connectivity index (χ2v) is 8.49. The molecule has 2 aromatic rings. The highest BCUT2D eigenvalue weighted by Gasteiger charge is 2.17. The van der Waals surface area contributed by atoms with Crippen LogP contribution in [-0.2, 0) is 6.42 Å². The average Bonchev–Trinajstić information content (AvgIpc) is 2.82. The lowest BCUT2D eigenvalue weighted by Crippen LogP contribution is -2.18. The minimum absolute atomic E-state index is 0.299. The largest absolute Gasteiger partial charge is 0.313 e. The highest BCUT2D eigenvalue weighted by Crippen LogP contribution is 2.36. The highest BCUT2D eigenvalue weighted by molar-refractivity contribution is 9.12. The van der Waals surface area contributed by atoms with Gasteiger partial charge in [0.05, 0.1) is 18.3 Å². The molecule has 2 nitrogen and oxygen atoms in total. The maximum Gasteiger partial charge on any atom is 0.0897 e. The van der Waals surface area contributed by atoms with E-state index in [-0.39, 0.29) is 0 Å². The summed E-state index contributed by atoms with van der Waals surface area (Å²) in [6, 6.07) is 2.46. The molecule has 2 aromatic heterocycles. The number of aromatic nitrogens is 1. The van der Waals surface area contributed by atoms with Gasteiger partial charge >= 0.3 is 0 Å². The Morgan fingerprint density at radius 1 is 1.47 bits per heavy atom. The number of hydrogen-bond donors (Lipinski definition) is 1. The molecule has 0 spiro atoms. The maximum absolute atomic E-state index is 4.52. The van der Waals surface area contributed by atoms with Crippen LogP contribution in [0.25, 0.3) is 0 Å². The van der Waals surface area contributed by atoms with E-state index in [9.17, 15) is 0 Å². The van der Waals surface area contributed by atoms with E-state index in [1.807, 2.05) is 14.0 Å². The summed E-state index contributed by atoms with van der Waals surface area (Å²) in [6.07, 6.45) is 0.919. The fraction of sp³-hybridized carbons (Fsp3) is 0.364. The Hall–Kier alpha value is 0.250. The van der Waals surface area contributed by atoms with Crippen molar-refractivity contribution in [3.63, 3.8) is 0 Å². The predicted octanol–water partition coefficient (Wildman–Crippen LogP) is 4.54. The minimum Gasteiger partial charge on any atom is -0.313 e. The molecule has 0 bridgehead atoms. The van der Waals surface area contributed by atoms with Gasteiger partial charge in [0.15, 0.2) is 0 Å². The van der Waals surface area contributed by atoms with E-state index in [1.54, 1.807) is 22.7 Å². The fourth-order valence-corrected chi connectivity index (χ4v) is 5.27. The lowest BCUT2D eigenvalue weighted by molar-refractivity contribution is 0.585. The van der Waals surface area contributed by atoms with Gasteiger partial charge in [0.2, 0.25) is 0 Å². The minimum atomic E-state index is 0.299. The van der Waals surface area contributed by atoms with Crippen LogP contribution in [0.2, 0.25) is 0 Å². The van der Waals surface area contributed by atoms with Crippen molar-refractivity contribution in [1.82, 2.24) is 10.3 Å². The molecule has 0 fully saturated rings. The van der Waals surface area contributed by atoms with Crippen LogP contribution in [0.5, 0.6) is 0 Å². The van der Waals surface area contributed by atoms with Crippen LogP contribution in [0, 0.1) is 6.92 Å². The molecular formula is C11H12Br2N2S2. The first-order valence-corrected chi connectivity index (χ1v) is 8.41. The Labute approximate surface area is 126 Å². The van der Waals surface area contributed by atoms with E-state index in [4.69, 9.17) is 0 Å². The maximum atomic E-state index is 4.52. The molecular weight excluding hydrogens is 384 g/mol. The molecule has 0 saturated heterocycles. The molecule has 2 heterocycles. The summed E-state index contributed by atoms with van der Waals surface area (Å²) in [5, 5.41) is 6.61. The van der Waals surface area contributed by atoms with E-state index in [0.29, 0.717) is 6.04 Å². The van der Waals surface area contributed by atoms with Crippen LogP contribution in [-0.4, -0.2) is 12.0 Å². The van der Waals surface area contributed by atoms with Crippen LogP contribution in [0.15, 0.2) is 19.0 Å². The Morgan fingerprint density at radius 3 is 2.71 bits per heavy atom. The molecule has 0 amide bonds. The molecule has 0 aliphatic heterocycles. The number of likely N-dealkylation sites (N-methyl/N-ethyl adjacent to an activating group) is 1. The third-order valence-corrected chi connectivity index (χ3v) is 5.69. The second kappa shape index (κ2) is 5.93. The third kappa shape index (κ3) is 3.38. The van der Waals surface area contributed by atoms with Crippen molar-refractivity contribution in [2.75, 3.05) is 7.05 Å². The van der Waals surface area contributed by atoms with Crippen molar-refractivity contribution in [3.05, 3.63) is 35.3 Å².